The Morgan fingerprint density at radius 1 is 1.14 bits per heavy atom. The monoisotopic (exact) mass is 404 g/mol. The molecule has 1 amide bonds. The van der Waals surface area contributed by atoms with Gasteiger partial charge in [0.1, 0.15) is 12.1 Å². The average molecular weight is 404 g/mol. The third-order valence-corrected chi connectivity index (χ3v) is 5.46. The zero-order chi connectivity index (χ0) is 20.1. The lowest BCUT2D eigenvalue weighted by atomic mass is 10.2. The summed E-state index contributed by atoms with van der Waals surface area (Å²) in [6.07, 6.45) is 6.25. The van der Waals surface area contributed by atoms with Crippen LogP contribution < -0.4 is 10.6 Å². The van der Waals surface area contributed by atoms with Gasteiger partial charge in [0.25, 0.3) is 0 Å². The van der Waals surface area contributed by atoms with E-state index in [1.54, 1.807) is 22.2 Å². The molecule has 0 fully saturated rings. The van der Waals surface area contributed by atoms with Crippen LogP contribution in [0.3, 0.4) is 0 Å². The van der Waals surface area contributed by atoms with Gasteiger partial charge in [0.2, 0.25) is 5.91 Å². The first kappa shape index (κ1) is 18.8. The summed E-state index contributed by atoms with van der Waals surface area (Å²) < 4.78 is 1.67. The highest BCUT2D eigenvalue weighted by atomic mass is 32.1. The first-order valence-electron chi connectivity index (χ1n) is 9.19. The number of benzene rings is 1. The zero-order valence-electron chi connectivity index (χ0n) is 15.9. The summed E-state index contributed by atoms with van der Waals surface area (Å²) in [6.45, 7) is 2.07. The van der Waals surface area contributed by atoms with E-state index in [4.69, 9.17) is 0 Å². The van der Waals surface area contributed by atoms with Crippen molar-refractivity contribution in [1.29, 1.82) is 0 Å². The van der Waals surface area contributed by atoms with E-state index in [-0.39, 0.29) is 5.91 Å². The Labute approximate surface area is 172 Å². The quantitative estimate of drug-likeness (QED) is 0.478. The molecule has 0 saturated heterocycles. The van der Waals surface area contributed by atoms with Crippen molar-refractivity contribution < 1.29 is 4.79 Å². The number of hydrogen-bond acceptors (Lipinski definition) is 6. The number of amides is 1. The van der Waals surface area contributed by atoms with Crippen LogP contribution in [0.5, 0.6) is 0 Å². The number of nitrogens with one attached hydrogen (secondary N) is 2. The molecule has 0 aliphatic carbocycles. The Hall–Kier alpha value is -3.52. The van der Waals surface area contributed by atoms with Gasteiger partial charge in [0.05, 0.1) is 0 Å². The van der Waals surface area contributed by atoms with Crippen LogP contribution in [0.1, 0.15) is 16.9 Å². The summed E-state index contributed by atoms with van der Waals surface area (Å²) in [7, 11) is 0. The van der Waals surface area contributed by atoms with Crippen molar-refractivity contribution in [1.82, 2.24) is 19.7 Å². The summed E-state index contributed by atoms with van der Waals surface area (Å²) in [4.78, 5) is 21.9. The predicted octanol–water partition coefficient (Wildman–Crippen LogP) is 4.35. The van der Waals surface area contributed by atoms with Crippen molar-refractivity contribution in [2.75, 3.05) is 10.6 Å². The number of carbonyl (C=O) groups is 1. The number of aryl methyl sites for hydroxylation is 2. The lowest BCUT2D eigenvalue weighted by Gasteiger charge is -2.09. The Kier molecular flexibility index (Phi) is 5.62. The van der Waals surface area contributed by atoms with Crippen molar-refractivity contribution in [2.24, 2.45) is 0 Å². The molecule has 8 heteroatoms. The molecular formula is C21H20N6OS. The second kappa shape index (κ2) is 8.66. The molecule has 0 unspecified atom stereocenters. The normalized spacial score (nSPS) is 10.7. The average Bonchev–Trinajstić information content (AvgIpc) is 3.40. The number of aromatic nitrogens is 4. The van der Waals surface area contributed by atoms with Crippen molar-refractivity contribution in [3.63, 3.8) is 0 Å². The number of hydrogen-bond donors (Lipinski definition) is 2. The Balaban J connectivity index is 1.34. The largest absolute Gasteiger partial charge is 0.340 e. The fourth-order valence-corrected chi connectivity index (χ4v) is 3.75. The summed E-state index contributed by atoms with van der Waals surface area (Å²) in [5.74, 6) is 1.35. The number of carbonyl (C=O) groups excluding carboxylic acids is 1. The van der Waals surface area contributed by atoms with Crippen LogP contribution in [0, 0.1) is 6.92 Å². The highest BCUT2D eigenvalue weighted by Gasteiger charge is 2.07. The van der Waals surface area contributed by atoms with E-state index >= 15 is 0 Å². The first-order valence-corrected chi connectivity index (χ1v) is 10.1. The van der Waals surface area contributed by atoms with Crippen LogP contribution in [0.2, 0.25) is 0 Å². The Morgan fingerprint density at radius 2 is 1.97 bits per heavy atom. The lowest BCUT2D eigenvalue weighted by Crippen LogP contribution is -2.12. The molecule has 146 valence electrons. The maximum atomic E-state index is 12.2. The molecule has 0 bridgehead atoms. The molecule has 0 aliphatic rings. The molecule has 2 N–H and O–H groups in total. The molecule has 0 radical (unpaired) electrons. The Morgan fingerprint density at radius 3 is 2.69 bits per heavy atom. The SMILES string of the molecule is Cc1ccsc1CCC(=O)Nc1ccc(Nc2cc(-n3cccn3)ncn2)cc1. The van der Waals surface area contributed by atoms with Crippen LogP contribution in [0.4, 0.5) is 17.2 Å². The maximum absolute atomic E-state index is 12.2. The van der Waals surface area contributed by atoms with E-state index < -0.39 is 0 Å². The van der Waals surface area contributed by atoms with Gasteiger partial charge in [0.15, 0.2) is 5.82 Å². The van der Waals surface area contributed by atoms with Gasteiger partial charge in [-0.25, -0.2) is 14.6 Å². The molecule has 3 heterocycles. The number of nitrogens with zero attached hydrogens (tertiary/aromatic N) is 4. The molecule has 0 saturated carbocycles. The maximum Gasteiger partial charge on any atom is 0.224 e. The van der Waals surface area contributed by atoms with Gasteiger partial charge in [-0.3, -0.25) is 4.79 Å². The minimum absolute atomic E-state index is 0.0122. The smallest absolute Gasteiger partial charge is 0.224 e. The van der Waals surface area contributed by atoms with Gasteiger partial charge in [-0.15, -0.1) is 11.3 Å². The molecule has 0 aliphatic heterocycles. The summed E-state index contributed by atoms with van der Waals surface area (Å²) in [5, 5.41) is 12.4. The lowest BCUT2D eigenvalue weighted by molar-refractivity contribution is -0.116. The van der Waals surface area contributed by atoms with E-state index in [1.807, 2.05) is 42.6 Å². The summed E-state index contributed by atoms with van der Waals surface area (Å²) in [5.41, 5.74) is 2.88. The third kappa shape index (κ3) is 4.85. The van der Waals surface area contributed by atoms with Crippen LogP contribution in [0.15, 0.2) is 66.6 Å². The number of rotatable bonds is 7. The van der Waals surface area contributed by atoms with Gasteiger partial charge in [-0.2, -0.15) is 5.10 Å². The van der Waals surface area contributed by atoms with Crippen molar-refractivity contribution in [3.05, 3.63) is 77.0 Å². The third-order valence-electron chi connectivity index (χ3n) is 4.38. The van der Waals surface area contributed by atoms with Crippen molar-refractivity contribution in [2.45, 2.75) is 19.8 Å². The van der Waals surface area contributed by atoms with Crippen LogP contribution in [-0.4, -0.2) is 25.7 Å². The predicted molar refractivity (Wildman–Crippen MR) is 115 cm³/mol. The van der Waals surface area contributed by atoms with E-state index in [2.05, 4.69) is 44.1 Å². The highest BCUT2D eigenvalue weighted by molar-refractivity contribution is 7.10. The molecule has 1 aromatic carbocycles. The van der Waals surface area contributed by atoms with Crippen LogP contribution in [0.25, 0.3) is 5.82 Å². The Bertz CT molecular complexity index is 1090. The molecule has 3 aromatic heterocycles. The van der Waals surface area contributed by atoms with Crippen molar-refractivity contribution in [3.8, 4) is 5.82 Å². The standard InChI is InChI=1S/C21H20N6OS/c1-15-9-12-29-18(15)7-8-21(28)26-17-5-3-16(4-6-17)25-19-13-20(23-14-22-19)27-11-2-10-24-27/h2-6,9-14H,7-8H2,1H3,(H,26,28)(H,22,23,25). The van der Waals surface area contributed by atoms with Crippen LogP contribution in [-0.2, 0) is 11.2 Å². The molecule has 4 rings (SSSR count). The number of thiophene rings is 1. The van der Waals surface area contributed by atoms with E-state index in [0.717, 1.165) is 17.8 Å². The minimum atomic E-state index is 0.0122. The van der Waals surface area contributed by atoms with E-state index in [1.165, 1.54) is 16.8 Å². The van der Waals surface area contributed by atoms with Gasteiger partial charge < -0.3 is 10.6 Å². The highest BCUT2D eigenvalue weighted by Crippen LogP contribution is 2.20. The molecule has 0 atom stereocenters. The van der Waals surface area contributed by atoms with E-state index in [9.17, 15) is 4.79 Å². The first-order chi connectivity index (χ1) is 14.2. The van der Waals surface area contributed by atoms with Gasteiger partial charge >= 0.3 is 0 Å². The van der Waals surface area contributed by atoms with E-state index in [0.29, 0.717) is 18.1 Å². The summed E-state index contributed by atoms with van der Waals surface area (Å²) in [6, 6.07) is 13.3. The van der Waals surface area contributed by atoms with Crippen LogP contribution >= 0.6 is 11.3 Å². The second-order valence-electron chi connectivity index (χ2n) is 6.49. The molecule has 29 heavy (non-hydrogen) atoms. The topological polar surface area (TPSA) is 84.7 Å². The fourth-order valence-electron chi connectivity index (χ4n) is 2.84. The van der Waals surface area contributed by atoms with Gasteiger partial charge in [-0.05, 0) is 60.7 Å². The van der Waals surface area contributed by atoms with Gasteiger partial charge in [0, 0.05) is 41.1 Å². The van der Waals surface area contributed by atoms with Crippen molar-refractivity contribution >= 4 is 34.4 Å². The zero-order valence-corrected chi connectivity index (χ0v) is 16.7. The fraction of sp³-hybridized carbons (Fsp3) is 0.143. The molecule has 0 spiro atoms. The molecule has 7 nitrogen and oxygen atoms in total. The minimum Gasteiger partial charge on any atom is -0.340 e. The molecular weight excluding hydrogens is 384 g/mol. The second-order valence-corrected chi connectivity index (χ2v) is 7.49. The summed E-state index contributed by atoms with van der Waals surface area (Å²) >= 11 is 1.70. The van der Waals surface area contributed by atoms with Gasteiger partial charge in [-0.1, -0.05) is 0 Å². The molecule has 4 aromatic rings. The number of anilines is 3.